The molecule has 31 heavy (non-hydrogen) atoms. The Morgan fingerprint density at radius 1 is 1.16 bits per heavy atom. The summed E-state index contributed by atoms with van der Waals surface area (Å²) < 4.78 is 0. The van der Waals surface area contributed by atoms with Gasteiger partial charge in [0.1, 0.15) is 5.88 Å². The molecule has 1 heterocycles. The average Bonchev–Trinajstić information content (AvgIpc) is 3.18. The number of aliphatic imine (C=N–C) groups is 1. The minimum absolute atomic E-state index is 0.164. The van der Waals surface area contributed by atoms with Crippen LogP contribution in [0, 0.1) is 11.5 Å². The molecule has 0 saturated carbocycles. The van der Waals surface area contributed by atoms with Crippen molar-refractivity contribution < 1.29 is 4.79 Å². The van der Waals surface area contributed by atoms with Crippen LogP contribution < -0.4 is 10.6 Å². The second-order valence-corrected chi connectivity index (χ2v) is 7.79. The molecule has 0 spiro atoms. The lowest BCUT2D eigenvalue weighted by Gasteiger charge is -2.17. The van der Waals surface area contributed by atoms with E-state index >= 15 is 0 Å². The summed E-state index contributed by atoms with van der Waals surface area (Å²) in [5.74, 6) is -0.182. The number of nitriles is 1. The summed E-state index contributed by atoms with van der Waals surface area (Å²) in [4.78, 5) is 16.4. The summed E-state index contributed by atoms with van der Waals surface area (Å²) in [6, 6.07) is 14.2. The molecular weight excluding hydrogens is 459 g/mol. The average molecular weight is 478 g/mol. The van der Waals surface area contributed by atoms with Crippen LogP contribution in [0.4, 0.5) is 0 Å². The van der Waals surface area contributed by atoms with Gasteiger partial charge in [-0.2, -0.15) is 10.4 Å². The molecule has 0 fully saturated rings. The summed E-state index contributed by atoms with van der Waals surface area (Å²) >= 11 is 17.6. The van der Waals surface area contributed by atoms with E-state index in [0.29, 0.717) is 41.2 Å². The predicted octanol–water partition coefficient (Wildman–Crippen LogP) is 3.41. The Kier molecular flexibility index (Phi) is 8.13. The van der Waals surface area contributed by atoms with Crippen molar-refractivity contribution in [3.05, 3.63) is 69.7 Å². The first-order chi connectivity index (χ1) is 15.0. The van der Waals surface area contributed by atoms with Gasteiger partial charge in [0.25, 0.3) is 0 Å². The molecular formula is C21H19Cl3N6O. The zero-order valence-corrected chi connectivity index (χ0v) is 18.6. The lowest BCUT2D eigenvalue weighted by atomic mass is 10.0. The lowest BCUT2D eigenvalue weighted by molar-refractivity contribution is -0.118. The van der Waals surface area contributed by atoms with Crippen molar-refractivity contribution in [3.8, 4) is 6.19 Å². The highest BCUT2D eigenvalue weighted by Gasteiger charge is 2.31. The van der Waals surface area contributed by atoms with E-state index < -0.39 is 6.04 Å². The highest BCUT2D eigenvalue weighted by Crippen LogP contribution is 2.18. The Hall–Kier alpha value is -2.79. The van der Waals surface area contributed by atoms with E-state index in [-0.39, 0.29) is 11.8 Å². The molecule has 0 aromatic heterocycles. The SMILES string of the molecule is N#CNC(=NCCc1ccc(Cl)cc1)N1CC(NC(=O)CCl)C(c2ccc(Cl)cc2)=N1. The summed E-state index contributed by atoms with van der Waals surface area (Å²) in [6.07, 6.45) is 2.56. The van der Waals surface area contributed by atoms with E-state index in [4.69, 9.17) is 34.8 Å². The third kappa shape index (κ3) is 6.34. The zero-order valence-electron chi connectivity index (χ0n) is 16.4. The molecule has 10 heteroatoms. The van der Waals surface area contributed by atoms with E-state index in [0.717, 1.165) is 11.1 Å². The maximum absolute atomic E-state index is 11.9. The molecule has 1 aliphatic heterocycles. The van der Waals surface area contributed by atoms with E-state index in [2.05, 4.69) is 20.7 Å². The summed E-state index contributed by atoms with van der Waals surface area (Å²) in [6.45, 7) is 0.738. The molecule has 0 saturated heterocycles. The largest absolute Gasteiger partial charge is 0.345 e. The molecule has 3 rings (SSSR count). The van der Waals surface area contributed by atoms with E-state index in [1.807, 2.05) is 42.6 Å². The van der Waals surface area contributed by atoms with Crippen molar-refractivity contribution in [1.29, 1.82) is 5.26 Å². The van der Waals surface area contributed by atoms with Crippen molar-refractivity contribution in [2.45, 2.75) is 12.5 Å². The molecule has 1 aliphatic rings. The van der Waals surface area contributed by atoms with Gasteiger partial charge in [0.2, 0.25) is 11.9 Å². The fourth-order valence-electron chi connectivity index (χ4n) is 3.04. The van der Waals surface area contributed by atoms with Crippen LogP contribution in [0.5, 0.6) is 0 Å². The van der Waals surface area contributed by atoms with Gasteiger partial charge in [-0.25, -0.2) is 5.01 Å². The van der Waals surface area contributed by atoms with E-state index in [1.165, 1.54) is 0 Å². The highest BCUT2D eigenvalue weighted by atomic mass is 35.5. The maximum Gasteiger partial charge on any atom is 0.235 e. The fourth-order valence-corrected chi connectivity index (χ4v) is 3.37. The molecule has 0 bridgehead atoms. The van der Waals surface area contributed by atoms with Gasteiger partial charge in [0, 0.05) is 22.2 Å². The van der Waals surface area contributed by atoms with Crippen molar-refractivity contribution in [3.63, 3.8) is 0 Å². The number of alkyl halides is 1. The molecule has 2 aromatic carbocycles. The number of hydrogen-bond acceptors (Lipinski definition) is 4. The van der Waals surface area contributed by atoms with Crippen molar-refractivity contribution in [2.75, 3.05) is 19.0 Å². The smallest absolute Gasteiger partial charge is 0.235 e. The van der Waals surface area contributed by atoms with Crippen LogP contribution in [-0.4, -0.2) is 47.6 Å². The van der Waals surface area contributed by atoms with Gasteiger partial charge in [0.05, 0.1) is 18.3 Å². The molecule has 0 aliphatic carbocycles. The molecule has 7 nitrogen and oxygen atoms in total. The first kappa shape index (κ1) is 22.9. The Labute approximate surface area is 195 Å². The molecule has 2 N–H and O–H groups in total. The summed E-state index contributed by atoms with van der Waals surface area (Å²) in [5.41, 5.74) is 2.49. The Morgan fingerprint density at radius 3 is 2.42 bits per heavy atom. The van der Waals surface area contributed by atoms with Gasteiger partial charge < -0.3 is 5.32 Å². The van der Waals surface area contributed by atoms with Gasteiger partial charge in [-0.05, 0) is 36.2 Å². The first-order valence-corrected chi connectivity index (χ1v) is 10.7. The first-order valence-electron chi connectivity index (χ1n) is 9.41. The fraction of sp³-hybridized carbons (Fsp3) is 0.238. The van der Waals surface area contributed by atoms with Crippen molar-refractivity contribution in [2.24, 2.45) is 10.1 Å². The third-order valence-corrected chi connectivity index (χ3v) is 5.24. The van der Waals surface area contributed by atoms with Crippen molar-refractivity contribution >= 4 is 52.4 Å². The van der Waals surface area contributed by atoms with E-state index in [9.17, 15) is 10.1 Å². The number of hydrazone groups is 1. The zero-order chi connectivity index (χ0) is 22.2. The van der Waals surface area contributed by atoms with Crippen LogP contribution in [0.2, 0.25) is 10.0 Å². The maximum atomic E-state index is 11.9. The number of nitrogens with zero attached hydrogens (tertiary/aromatic N) is 4. The topological polar surface area (TPSA) is 92.9 Å². The summed E-state index contributed by atoms with van der Waals surface area (Å²) in [7, 11) is 0. The number of benzene rings is 2. The number of nitrogens with one attached hydrogen (secondary N) is 2. The Morgan fingerprint density at radius 2 is 1.81 bits per heavy atom. The summed E-state index contributed by atoms with van der Waals surface area (Å²) in [5, 5.41) is 22.0. The van der Waals surface area contributed by atoms with Crippen LogP contribution in [-0.2, 0) is 11.2 Å². The van der Waals surface area contributed by atoms with Crippen LogP contribution in [0.1, 0.15) is 11.1 Å². The van der Waals surface area contributed by atoms with Gasteiger partial charge >= 0.3 is 0 Å². The number of rotatable bonds is 6. The number of halogens is 3. The second-order valence-electron chi connectivity index (χ2n) is 6.65. The van der Waals surface area contributed by atoms with Gasteiger partial charge in [0.15, 0.2) is 6.19 Å². The lowest BCUT2D eigenvalue weighted by Crippen LogP contribution is -2.45. The molecule has 0 radical (unpaired) electrons. The second kappa shape index (κ2) is 11.0. The molecule has 2 aromatic rings. The molecule has 1 atom stereocenters. The van der Waals surface area contributed by atoms with Gasteiger partial charge in [-0.1, -0.05) is 47.5 Å². The van der Waals surface area contributed by atoms with E-state index in [1.54, 1.807) is 17.1 Å². The predicted molar refractivity (Wildman–Crippen MR) is 124 cm³/mol. The van der Waals surface area contributed by atoms with Crippen LogP contribution in [0.15, 0.2) is 58.6 Å². The molecule has 160 valence electrons. The van der Waals surface area contributed by atoms with Crippen LogP contribution in [0.3, 0.4) is 0 Å². The normalized spacial score (nSPS) is 15.9. The monoisotopic (exact) mass is 476 g/mol. The number of amides is 1. The van der Waals surface area contributed by atoms with Gasteiger partial charge in [-0.15, -0.1) is 11.6 Å². The Balaban J connectivity index is 1.80. The number of carbonyl (C=O) groups is 1. The standard InChI is InChI=1S/C21H19Cl3N6O/c22-11-19(31)28-18-12-30(29-20(18)15-3-7-17(24)8-4-15)21(27-13-25)26-10-9-14-1-5-16(23)6-2-14/h1-8,18H,9-12H2,(H,26,27)(H,28,31). The minimum Gasteiger partial charge on any atom is -0.345 e. The number of hydrogen-bond donors (Lipinski definition) is 2. The number of guanidine groups is 1. The van der Waals surface area contributed by atoms with Crippen LogP contribution in [0.25, 0.3) is 0 Å². The Bertz CT molecular complexity index is 1010. The molecule has 1 amide bonds. The van der Waals surface area contributed by atoms with Gasteiger partial charge in [-0.3, -0.25) is 15.1 Å². The number of carbonyl (C=O) groups excluding carboxylic acids is 1. The minimum atomic E-state index is -0.422. The quantitative estimate of drug-likeness (QED) is 0.219. The molecule has 1 unspecified atom stereocenters. The van der Waals surface area contributed by atoms with Crippen molar-refractivity contribution in [1.82, 2.24) is 15.6 Å². The third-order valence-electron chi connectivity index (χ3n) is 4.50. The van der Waals surface area contributed by atoms with Crippen LogP contribution >= 0.6 is 34.8 Å². The highest BCUT2D eigenvalue weighted by molar-refractivity contribution is 6.31.